The highest BCUT2D eigenvalue weighted by atomic mass is 35.5. The number of halogens is 10. The molecule has 5 aromatic carbocycles. The molecule has 0 aliphatic rings. The summed E-state index contributed by atoms with van der Waals surface area (Å²) in [4.78, 5) is 108. The van der Waals surface area contributed by atoms with E-state index < -0.39 is 42.2 Å². The number of nitrogens with one attached hydrogen (secondary N) is 1. The molecule has 0 spiro atoms. The van der Waals surface area contributed by atoms with Crippen LogP contribution in [0.15, 0.2) is 91.0 Å². The van der Waals surface area contributed by atoms with Gasteiger partial charge in [0, 0.05) is 69.0 Å². The van der Waals surface area contributed by atoms with Crippen molar-refractivity contribution in [3.8, 4) is 80.3 Å². The zero-order valence-corrected chi connectivity index (χ0v) is 84.0. The fourth-order valence-electron chi connectivity index (χ4n) is 12.1. The van der Waals surface area contributed by atoms with Crippen molar-refractivity contribution in [1.82, 2.24) is 49.8 Å². The van der Waals surface area contributed by atoms with Gasteiger partial charge in [0.2, 0.25) is 5.95 Å². The van der Waals surface area contributed by atoms with E-state index in [0.29, 0.717) is 216 Å². The molecular formula is C88H82Cl10N16O14S5. The number of ketones is 5. The number of hydrogen-bond acceptors (Lipinski definition) is 35. The minimum absolute atomic E-state index is 0.0772. The highest BCUT2D eigenvalue weighted by Gasteiger charge is 2.30. The normalized spacial score (nSPS) is 12.7. The van der Waals surface area contributed by atoms with Crippen LogP contribution in [0.5, 0.6) is 24.0 Å². The SMILES string of the molecule is CC(=O)c1sc2nc(NCC(C)(C)O)nc(-c3ccc(Cl)c(Cl)c3)c2c1N.CC(=O)c1sc2nc(O[C@@H](C)CO)nc(-c3ccc(Cl)c(Cl)c3)c2c1N.CC(=O)c1sc2nc(O[C@@H](C)[C@H](C)O)nc(-c3ccc(Cl)c(Cl)c3)c2c1N.CC(=O)c1sc2nc(O[C@H](C)CO)nc(-c3ccc(Cl)c(Cl)c3)c2c1N.CC(=O)c1sc2nc(O[C@H](C)[C@@H](C)O)nc(-c3ccc(Cl)c(Cl)c3)c2c1N. The molecule has 0 saturated carbocycles. The molecule has 0 saturated heterocycles. The van der Waals surface area contributed by atoms with Crippen molar-refractivity contribution in [1.29, 1.82) is 0 Å². The molecule has 30 nitrogen and oxygen atoms in total. The quantitative estimate of drug-likeness (QED) is 0.0237. The number of carbonyl (C=O) groups is 5. The maximum atomic E-state index is 11.9. The highest BCUT2D eigenvalue weighted by Crippen LogP contribution is 2.48. The van der Waals surface area contributed by atoms with E-state index in [9.17, 15) is 49.5 Å². The summed E-state index contributed by atoms with van der Waals surface area (Å²) >= 11 is 66.7. The fourth-order valence-corrected chi connectivity index (χ4v) is 18.6. The first-order valence-corrected chi connectivity index (χ1v) is 47.5. The van der Waals surface area contributed by atoms with Crippen LogP contribution in [0.2, 0.25) is 50.2 Å². The number of aromatic nitrogens is 10. The van der Waals surface area contributed by atoms with Gasteiger partial charge in [-0.2, -0.15) is 39.9 Å². The largest absolute Gasteiger partial charge is 0.458 e. The molecule has 0 fully saturated rings. The second-order valence-corrected chi connectivity index (χ2v) is 39.4. The fraction of sp³-hybridized carbons (Fsp3) is 0.261. The van der Waals surface area contributed by atoms with Gasteiger partial charge < -0.3 is 78.5 Å². The van der Waals surface area contributed by atoms with Gasteiger partial charge in [0.15, 0.2) is 28.9 Å². The van der Waals surface area contributed by atoms with Gasteiger partial charge in [0.05, 0.1) is 189 Å². The number of aliphatic hydroxyl groups excluding tert-OH is 4. The number of nitrogens with zero attached hydrogens (tertiary/aromatic N) is 10. The number of Topliss-reactive ketones (excluding diaryl/α,β-unsaturated/α-hetero) is 5. The number of benzene rings is 5. The summed E-state index contributed by atoms with van der Waals surface area (Å²) in [7, 11) is 0. The molecule has 133 heavy (non-hydrogen) atoms. The van der Waals surface area contributed by atoms with E-state index in [-0.39, 0.29) is 72.7 Å². The van der Waals surface area contributed by atoms with Crippen molar-refractivity contribution in [2.75, 3.05) is 53.7 Å². The number of ether oxygens (including phenoxy) is 4. The number of nitrogens with two attached hydrogens (primary N) is 5. The van der Waals surface area contributed by atoms with Gasteiger partial charge in [0.1, 0.15) is 48.6 Å². The first kappa shape index (κ1) is 104. The molecule has 698 valence electrons. The molecule has 10 heterocycles. The molecule has 6 atom stereocenters. The Hall–Kier alpha value is -9.65. The minimum Gasteiger partial charge on any atom is -0.458 e. The van der Waals surface area contributed by atoms with Gasteiger partial charge in [-0.25, -0.2) is 9.97 Å². The van der Waals surface area contributed by atoms with Crippen molar-refractivity contribution in [3.63, 3.8) is 0 Å². The number of nitrogen functional groups attached to an aromatic ring is 5. The molecule has 0 aliphatic heterocycles. The maximum absolute atomic E-state index is 11.9. The number of rotatable bonds is 25. The Bertz CT molecular complexity index is 6710. The van der Waals surface area contributed by atoms with Crippen LogP contribution in [0, 0.1) is 0 Å². The lowest BCUT2D eigenvalue weighted by Gasteiger charge is -2.18. The van der Waals surface area contributed by atoms with Gasteiger partial charge in [-0.05, 0) is 116 Å². The zero-order chi connectivity index (χ0) is 97.7. The third-order valence-corrected chi connectivity index (χ3v) is 28.9. The summed E-state index contributed by atoms with van der Waals surface area (Å²) in [5.74, 6) is -0.442. The number of fused-ring (bicyclic) bond motifs is 5. The monoisotopic (exact) mass is 2100 g/mol. The van der Waals surface area contributed by atoms with Crippen LogP contribution >= 0.6 is 173 Å². The van der Waals surface area contributed by atoms with E-state index in [1.165, 1.54) is 91.3 Å². The topological polar surface area (TPSA) is 494 Å². The Morgan fingerprint density at radius 3 is 0.752 bits per heavy atom. The van der Waals surface area contributed by atoms with Gasteiger partial charge in [0.25, 0.3) is 0 Å². The molecule has 0 radical (unpaired) electrons. The number of thiophene rings is 5. The third-order valence-electron chi connectivity index (χ3n) is 19.2. The smallest absolute Gasteiger partial charge is 0.318 e. The van der Waals surface area contributed by atoms with Crippen LogP contribution in [-0.4, -0.2) is 166 Å². The lowest BCUT2D eigenvalue weighted by molar-refractivity contribution is 0.0545. The first-order valence-electron chi connectivity index (χ1n) is 39.6. The molecular weight excluding hydrogens is 2020 g/mol. The molecule has 10 aromatic heterocycles. The molecule has 0 unspecified atom stereocenters. The van der Waals surface area contributed by atoms with E-state index in [4.69, 9.17) is 164 Å². The third kappa shape index (κ3) is 24.4. The number of carbonyl (C=O) groups excluding carboxylic acids is 5. The Kier molecular flexibility index (Phi) is 34.4. The Balaban J connectivity index is 0.000000160. The highest BCUT2D eigenvalue weighted by molar-refractivity contribution is 7.23. The van der Waals surface area contributed by atoms with Crippen LogP contribution in [-0.2, 0) is 0 Å². The van der Waals surface area contributed by atoms with E-state index in [1.807, 2.05) is 0 Å². The van der Waals surface area contributed by atoms with Crippen molar-refractivity contribution in [2.24, 2.45) is 0 Å². The summed E-state index contributed by atoms with van der Waals surface area (Å²) in [6.45, 7) is 20.5. The standard InChI is InChI=1S/C18H18Cl2N4O2S.2C18H17Cl2N3O3S.2C17H15Cl2N3O3S/c1-8(25)15-13(21)12-14(9-4-5-10(19)11(20)6-9)23-17(24-16(12)27-15)22-7-18(2,3)26;2*1-7(24)9(3)26-18-22-15(10-4-5-11(19)12(20)6-10)13-14(21)16(8(2)25)27-17(13)23-18;2*1-7(6-23)25-17-21-14(9-3-4-10(18)11(19)5-9)12-13(20)15(8(2)24)26-16(12)22-17/h4-6,26H,7,21H2,1-3H3,(H,22,23,24);2*4-7,9,24H,21H2,1-3H3;2*3-5,7,23H,6,20H2,1-2H3/t;2*7-,9-;2*7-/m.1010/s1. The van der Waals surface area contributed by atoms with E-state index in [2.05, 4.69) is 55.2 Å². The van der Waals surface area contributed by atoms with E-state index in [1.54, 1.807) is 146 Å². The lowest BCUT2D eigenvalue weighted by atomic mass is 10.1. The molecule has 45 heteroatoms. The van der Waals surface area contributed by atoms with Crippen molar-refractivity contribution in [2.45, 2.75) is 132 Å². The maximum Gasteiger partial charge on any atom is 0.318 e. The van der Waals surface area contributed by atoms with Gasteiger partial charge in [-0.1, -0.05) is 146 Å². The molecule has 15 rings (SSSR count). The second-order valence-electron chi connectivity index (χ2n) is 30.4. The lowest BCUT2D eigenvalue weighted by Crippen LogP contribution is -2.29. The summed E-state index contributed by atoms with van der Waals surface area (Å²) in [5, 5.41) is 57.5. The van der Waals surface area contributed by atoms with E-state index in [0.717, 1.165) is 0 Å². The Labute approximate surface area is 830 Å². The molecule has 0 amide bonds. The summed E-state index contributed by atoms with van der Waals surface area (Å²) in [6.07, 6.45) is -3.43. The van der Waals surface area contributed by atoms with Crippen LogP contribution in [0.3, 0.4) is 0 Å². The average molecular weight is 2100 g/mol. The van der Waals surface area contributed by atoms with Crippen LogP contribution in [0.4, 0.5) is 34.4 Å². The summed E-state index contributed by atoms with van der Waals surface area (Å²) in [6, 6.07) is 25.7. The van der Waals surface area contributed by atoms with Gasteiger partial charge in [-0.3, -0.25) is 24.0 Å². The van der Waals surface area contributed by atoms with Crippen molar-refractivity contribution in [3.05, 3.63) is 166 Å². The predicted molar refractivity (Wildman–Crippen MR) is 539 cm³/mol. The summed E-state index contributed by atoms with van der Waals surface area (Å²) in [5.41, 5.74) is 37.5. The van der Waals surface area contributed by atoms with Crippen LogP contribution in [0.1, 0.15) is 138 Å². The zero-order valence-electron chi connectivity index (χ0n) is 72.3. The van der Waals surface area contributed by atoms with Crippen LogP contribution < -0.4 is 52.9 Å². The van der Waals surface area contributed by atoms with Crippen LogP contribution in [0.25, 0.3) is 107 Å². The average Bonchev–Trinajstić information content (AvgIpc) is 1.64. The molecule has 16 N–H and O–H groups in total. The second kappa shape index (κ2) is 44.0. The minimum atomic E-state index is -0.943. The van der Waals surface area contributed by atoms with Crippen molar-refractivity contribution >= 4 is 287 Å². The molecule has 0 aliphatic carbocycles. The van der Waals surface area contributed by atoms with Crippen molar-refractivity contribution < 1.29 is 68.5 Å². The van der Waals surface area contributed by atoms with Gasteiger partial charge >= 0.3 is 24.0 Å². The Morgan fingerprint density at radius 1 is 0.346 bits per heavy atom. The first-order chi connectivity index (χ1) is 62.6. The Morgan fingerprint density at radius 2 is 0.556 bits per heavy atom. The summed E-state index contributed by atoms with van der Waals surface area (Å²) < 4.78 is 22.4. The van der Waals surface area contributed by atoms with E-state index >= 15 is 0 Å². The number of anilines is 6. The number of hydrogen-bond donors (Lipinski definition) is 11. The molecule has 0 bridgehead atoms. The molecule has 15 aromatic rings. The van der Waals surface area contributed by atoms with Gasteiger partial charge in [-0.15, -0.1) is 56.7 Å². The predicted octanol–water partition coefficient (Wildman–Crippen LogP) is 22.2. The number of aliphatic hydroxyl groups is 5.